The Bertz CT molecular complexity index is 974. The summed E-state index contributed by atoms with van der Waals surface area (Å²) in [5.41, 5.74) is 1.27. The summed E-state index contributed by atoms with van der Waals surface area (Å²) in [5.74, 6) is 0.837. The lowest BCUT2D eigenvalue weighted by Crippen LogP contribution is -2.32. The second-order valence-corrected chi connectivity index (χ2v) is 7.22. The Kier molecular flexibility index (Phi) is 5.37. The number of fused-ring (bicyclic) bond motifs is 1. The highest BCUT2D eigenvalue weighted by Gasteiger charge is 2.17. The van der Waals surface area contributed by atoms with E-state index in [2.05, 4.69) is 24.1 Å². The molecule has 0 fully saturated rings. The first kappa shape index (κ1) is 18.1. The average Bonchev–Trinajstić information content (AvgIpc) is 3.06. The number of carbonyl (C=O) groups excluding carboxylic acids is 1. The van der Waals surface area contributed by atoms with Crippen molar-refractivity contribution < 1.29 is 9.53 Å². The van der Waals surface area contributed by atoms with Crippen molar-refractivity contribution in [1.82, 2.24) is 14.7 Å². The predicted molar refractivity (Wildman–Crippen MR) is 103 cm³/mol. The molecule has 0 radical (unpaired) electrons. The Morgan fingerprint density at radius 2 is 2.04 bits per heavy atom. The van der Waals surface area contributed by atoms with Gasteiger partial charge in [-0.1, -0.05) is 13.8 Å². The van der Waals surface area contributed by atoms with Gasteiger partial charge in [-0.3, -0.25) is 14.0 Å². The number of nitrogens with zero attached hydrogens (tertiary/aromatic N) is 2. The molecule has 2 aromatic heterocycles. The van der Waals surface area contributed by atoms with Gasteiger partial charge in [0.1, 0.15) is 11.3 Å². The average molecular weight is 371 g/mol. The van der Waals surface area contributed by atoms with Crippen LogP contribution in [-0.4, -0.2) is 28.9 Å². The molecule has 0 unspecified atom stereocenters. The molecular weight excluding hydrogens is 350 g/mol. The van der Waals surface area contributed by atoms with Gasteiger partial charge in [0.2, 0.25) is 0 Å². The van der Waals surface area contributed by atoms with Crippen LogP contribution in [-0.2, 0) is 0 Å². The number of thiazole rings is 1. The zero-order valence-corrected chi connectivity index (χ0v) is 15.8. The van der Waals surface area contributed by atoms with E-state index in [1.54, 1.807) is 7.11 Å². The Hall–Kier alpha value is -2.67. The van der Waals surface area contributed by atoms with E-state index < -0.39 is 0 Å². The fourth-order valence-electron chi connectivity index (χ4n) is 2.58. The molecule has 1 amide bonds. The molecule has 3 rings (SSSR count). The van der Waals surface area contributed by atoms with Gasteiger partial charge >= 0.3 is 0 Å². The van der Waals surface area contributed by atoms with Crippen molar-refractivity contribution in [3.63, 3.8) is 0 Å². The molecule has 0 atom stereocenters. The van der Waals surface area contributed by atoms with Crippen LogP contribution in [0.15, 0.2) is 40.6 Å². The number of aromatic nitrogens is 2. The van der Waals surface area contributed by atoms with E-state index in [9.17, 15) is 9.59 Å². The van der Waals surface area contributed by atoms with E-state index in [1.165, 1.54) is 21.9 Å². The lowest BCUT2D eigenvalue weighted by molar-refractivity contribution is 0.0950. The maximum atomic E-state index is 12.9. The van der Waals surface area contributed by atoms with Crippen molar-refractivity contribution in [2.45, 2.75) is 20.3 Å². The predicted octanol–water partition coefficient (Wildman–Crippen LogP) is 3.21. The molecule has 3 aromatic rings. The number of methoxy groups -OCH3 is 1. The molecule has 0 bridgehead atoms. The van der Waals surface area contributed by atoms with E-state index in [1.807, 2.05) is 29.6 Å². The minimum atomic E-state index is -0.385. The Balaban J connectivity index is 1.97. The van der Waals surface area contributed by atoms with Crippen molar-refractivity contribution >= 4 is 22.2 Å². The van der Waals surface area contributed by atoms with E-state index in [-0.39, 0.29) is 17.0 Å². The minimum absolute atomic E-state index is 0.0550. The number of rotatable bonds is 6. The van der Waals surface area contributed by atoms with Crippen molar-refractivity contribution in [3.05, 3.63) is 51.8 Å². The van der Waals surface area contributed by atoms with Crippen LogP contribution in [0.25, 0.3) is 16.2 Å². The van der Waals surface area contributed by atoms with Gasteiger partial charge in [0.05, 0.1) is 12.8 Å². The first-order chi connectivity index (χ1) is 12.5. The van der Waals surface area contributed by atoms with E-state index in [0.29, 0.717) is 23.1 Å². The number of nitrogens with one attached hydrogen (secondary N) is 1. The lowest BCUT2D eigenvalue weighted by atomic mass is 10.1. The summed E-state index contributed by atoms with van der Waals surface area (Å²) in [4.78, 5) is 30.1. The van der Waals surface area contributed by atoms with Gasteiger partial charge in [-0.15, -0.1) is 11.3 Å². The van der Waals surface area contributed by atoms with Gasteiger partial charge in [-0.05, 0) is 42.2 Å². The molecule has 1 aromatic carbocycles. The van der Waals surface area contributed by atoms with Crippen molar-refractivity contribution in [2.75, 3.05) is 13.7 Å². The number of benzene rings is 1. The summed E-state index contributed by atoms with van der Waals surface area (Å²) in [6.07, 6.45) is 2.22. The lowest BCUT2D eigenvalue weighted by Gasteiger charge is -2.08. The summed E-state index contributed by atoms with van der Waals surface area (Å²) in [7, 11) is 1.60. The van der Waals surface area contributed by atoms with Gasteiger partial charge in [0.15, 0.2) is 4.96 Å². The standard InChI is InChI=1S/C19H21N3O3S/c1-12(2)8-9-20-17(23)15-10-21-19-22(18(15)24)16(11-26-19)13-4-6-14(25-3)7-5-13/h4-7,10-12H,8-9H2,1-3H3,(H,20,23). The van der Waals surface area contributed by atoms with E-state index in [0.717, 1.165) is 17.7 Å². The van der Waals surface area contributed by atoms with Crippen LogP contribution in [0.4, 0.5) is 0 Å². The Labute approximate surface area is 155 Å². The summed E-state index contributed by atoms with van der Waals surface area (Å²) >= 11 is 1.36. The van der Waals surface area contributed by atoms with Crippen molar-refractivity contribution in [3.8, 4) is 17.0 Å². The number of hydrogen-bond acceptors (Lipinski definition) is 5. The molecule has 6 nitrogen and oxygen atoms in total. The van der Waals surface area contributed by atoms with Crippen molar-refractivity contribution in [2.24, 2.45) is 5.92 Å². The quantitative estimate of drug-likeness (QED) is 0.722. The zero-order chi connectivity index (χ0) is 18.7. The topological polar surface area (TPSA) is 72.7 Å². The van der Waals surface area contributed by atoms with Crippen LogP contribution in [0, 0.1) is 5.92 Å². The van der Waals surface area contributed by atoms with Crippen molar-refractivity contribution in [1.29, 1.82) is 0 Å². The minimum Gasteiger partial charge on any atom is -0.497 e. The van der Waals surface area contributed by atoms with E-state index in [4.69, 9.17) is 4.74 Å². The highest BCUT2D eigenvalue weighted by Crippen LogP contribution is 2.25. The van der Waals surface area contributed by atoms with Gasteiger partial charge in [-0.2, -0.15) is 0 Å². The highest BCUT2D eigenvalue weighted by atomic mass is 32.1. The summed E-state index contributed by atoms with van der Waals surface area (Å²) in [6, 6.07) is 7.42. The molecule has 0 aliphatic heterocycles. The van der Waals surface area contributed by atoms with E-state index >= 15 is 0 Å². The molecule has 7 heteroatoms. The molecule has 0 aliphatic carbocycles. The van der Waals surface area contributed by atoms with Crippen LogP contribution in [0.1, 0.15) is 30.6 Å². The number of hydrogen-bond donors (Lipinski definition) is 1. The van der Waals surface area contributed by atoms with Crippen LogP contribution < -0.4 is 15.6 Å². The normalized spacial score (nSPS) is 11.1. The summed E-state index contributed by atoms with van der Waals surface area (Å²) in [5, 5.41) is 4.66. The molecule has 136 valence electrons. The Morgan fingerprint density at radius 3 is 2.69 bits per heavy atom. The monoisotopic (exact) mass is 371 g/mol. The summed E-state index contributed by atoms with van der Waals surface area (Å²) < 4.78 is 6.66. The number of amides is 1. The summed E-state index contributed by atoms with van der Waals surface area (Å²) in [6.45, 7) is 4.70. The van der Waals surface area contributed by atoms with Gasteiger partial charge in [-0.25, -0.2) is 4.98 Å². The largest absolute Gasteiger partial charge is 0.497 e. The third-order valence-corrected chi connectivity index (χ3v) is 4.92. The molecule has 0 saturated heterocycles. The molecule has 2 heterocycles. The molecule has 1 N–H and O–H groups in total. The van der Waals surface area contributed by atoms with Gasteiger partial charge in [0.25, 0.3) is 11.5 Å². The maximum Gasteiger partial charge on any atom is 0.271 e. The molecule has 0 aliphatic rings. The molecule has 0 saturated carbocycles. The fourth-order valence-corrected chi connectivity index (χ4v) is 3.44. The number of ether oxygens (including phenoxy) is 1. The fraction of sp³-hybridized carbons (Fsp3) is 0.316. The zero-order valence-electron chi connectivity index (χ0n) is 15.0. The maximum absolute atomic E-state index is 12.9. The SMILES string of the molecule is COc1ccc(-c2csc3ncc(C(=O)NCCC(C)C)c(=O)n23)cc1. The van der Waals surface area contributed by atoms with Crippen LogP contribution >= 0.6 is 11.3 Å². The third kappa shape index (κ3) is 3.62. The Morgan fingerprint density at radius 1 is 1.31 bits per heavy atom. The van der Waals surface area contributed by atoms with Crippen LogP contribution in [0.3, 0.4) is 0 Å². The second-order valence-electron chi connectivity index (χ2n) is 6.38. The second kappa shape index (κ2) is 7.70. The van der Waals surface area contributed by atoms with Crippen LogP contribution in [0.2, 0.25) is 0 Å². The first-order valence-electron chi connectivity index (χ1n) is 8.43. The molecule has 26 heavy (non-hydrogen) atoms. The highest BCUT2D eigenvalue weighted by molar-refractivity contribution is 7.15. The molecule has 0 spiro atoms. The van der Waals surface area contributed by atoms with Gasteiger partial charge in [0, 0.05) is 18.1 Å². The van der Waals surface area contributed by atoms with Crippen LogP contribution in [0.5, 0.6) is 5.75 Å². The van der Waals surface area contributed by atoms with Gasteiger partial charge < -0.3 is 10.1 Å². The number of carbonyl (C=O) groups is 1. The third-order valence-electron chi connectivity index (χ3n) is 4.08. The molecular formula is C19H21N3O3S. The smallest absolute Gasteiger partial charge is 0.271 e. The first-order valence-corrected chi connectivity index (χ1v) is 9.31.